The summed E-state index contributed by atoms with van der Waals surface area (Å²) in [4.78, 5) is 16.3. The van der Waals surface area contributed by atoms with Gasteiger partial charge < -0.3 is 0 Å². The van der Waals surface area contributed by atoms with E-state index in [1.165, 1.54) is 10.7 Å². The minimum absolute atomic E-state index is 0.0186. The zero-order chi connectivity index (χ0) is 19.4. The highest BCUT2D eigenvalue weighted by Crippen LogP contribution is 2.31. The summed E-state index contributed by atoms with van der Waals surface area (Å²) < 4.78 is 66.6. The van der Waals surface area contributed by atoms with Crippen molar-refractivity contribution < 1.29 is 21.6 Å². The minimum Gasteiger partial charge on any atom is -0.297 e. The second-order valence-corrected chi connectivity index (χ2v) is 8.05. The molecule has 0 spiro atoms. The largest absolute Gasteiger partial charge is 0.416 e. The number of H-pyrrole nitrogens is 1. The lowest BCUT2D eigenvalue weighted by Crippen LogP contribution is -2.39. The van der Waals surface area contributed by atoms with E-state index in [1.54, 1.807) is 6.07 Å². The SMILES string of the molecule is O=c1c2c(nc3cc[nH]n13)CN(S(=O)(=O)c1cccc(C(F)(F)F)c1)CC2. The standard InChI is InChI=1S/C16H13F3N4O3S/c17-16(18,19)10-2-1-3-11(8-10)27(25,26)22-7-5-12-13(9-22)21-14-4-6-20-23(14)15(12)24/h1-4,6,8,20H,5,7,9H2. The molecule has 0 amide bonds. The zero-order valence-electron chi connectivity index (χ0n) is 13.7. The van der Waals surface area contributed by atoms with Crippen LogP contribution in [-0.2, 0) is 29.2 Å². The van der Waals surface area contributed by atoms with Gasteiger partial charge in [0.1, 0.15) is 0 Å². The molecule has 11 heteroatoms. The van der Waals surface area contributed by atoms with E-state index < -0.39 is 26.7 Å². The summed E-state index contributed by atoms with van der Waals surface area (Å²) in [6.45, 7) is -0.194. The van der Waals surface area contributed by atoms with Gasteiger partial charge in [0.2, 0.25) is 10.0 Å². The third kappa shape index (κ3) is 2.92. The quantitative estimate of drug-likeness (QED) is 0.713. The Labute approximate surface area is 151 Å². The van der Waals surface area contributed by atoms with Gasteiger partial charge in [0, 0.05) is 24.4 Å². The lowest BCUT2D eigenvalue weighted by Gasteiger charge is -2.27. The number of benzene rings is 1. The first-order chi connectivity index (χ1) is 12.7. The molecule has 0 unspecified atom stereocenters. The fourth-order valence-electron chi connectivity index (χ4n) is 3.09. The smallest absolute Gasteiger partial charge is 0.297 e. The number of halogens is 3. The Morgan fingerprint density at radius 1 is 1.19 bits per heavy atom. The minimum atomic E-state index is -4.64. The Morgan fingerprint density at radius 3 is 2.70 bits per heavy atom. The average molecular weight is 398 g/mol. The second-order valence-electron chi connectivity index (χ2n) is 6.11. The highest BCUT2D eigenvalue weighted by atomic mass is 32.2. The van der Waals surface area contributed by atoms with Gasteiger partial charge in [-0.15, -0.1) is 0 Å². The van der Waals surface area contributed by atoms with Crippen LogP contribution in [0, 0.1) is 0 Å². The average Bonchev–Trinajstić information content (AvgIpc) is 3.09. The molecule has 1 aliphatic heterocycles. The summed E-state index contributed by atoms with van der Waals surface area (Å²) in [6, 6.07) is 5.18. The van der Waals surface area contributed by atoms with Gasteiger partial charge in [-0.2, -0.15) is 17.5 Å². The molecule has 0 bridgehead atoms. The topological polar surface area (TPSA) is 87.5 Å². The summed E-state index contributed by atoms with van der Waals surface area (Å²) >= 11 is 0. The van der Waals surface area contributed by atoms with Crippen LogP contribution in [0.25, 0.3) is 5.65 Å². The van der Waals surface area contributed by atoms with Crippen molar-refractivity contribution in [2.24, 2.45) is 0 Å². The fraction of sp³-hybridized carbons (Fsp3) is 0.250. The van der Waals surface area contributed by atoms with E-state index in [0.29, 0.717) is 23.0 Å². The summed E-state index contributed by atoms with van der Waals surface area (Å²) in [5.74, 6) is 0. The van der Waals surface area contributed by atoms with Crippen LogP contribution >= 0.6 is 0 Å². The summed E-state index contributed by atoms with van der Waals surface area (Å²) in [7, 11) is -4.16. The maximum absolute atomic E-state index is 12.9. The zero-order valence-corrected chi connectivity index (χ0v) is 14.5. The first kappa shape index (κ1) is 17.7. The third-order valence-corrected chi connectivity index (χ3v) is 6.30. The van der Waals surface area contributed by atoms with Gasteiger partial charge in [-0.05, 0) is 24.6 Å². The van der Waals surface area contributed by atoms with Crippen LogP contribution in [0.5, 0.6) is 0 Å². The van der Waals surface area contributed by atoms with Gasteiger partial charge >= 0.3 is 6.18 Å². The van der Waals surface area contributed by atoms with E-state index in [1.807, 2.05) is 0 Å². The van der Waals surface area contributed by atoms with Gasteiger partial charge in [0.25, 0.3) is 5.56 Å². The number of sulfonamides is 1. The number of rotatable bonds is 2. The van der Waals surface area contributed by atoms with Gasteiger partial charge in [-0.3, -0.25) is 9.89 Å². The molecule has 1 aliphatic rings. The second kappa shape index (κ2) is 5.92. The highest BCUT2D eigenvalue weighted by Gasteiger charge is 2.34. The first-order valence-electron chi connectivity index (χ1n) is 7.93. The molecule has 0 radical (unpaired) electrons. The third-order valence-electron chi connectivity index (χ3n) is 4.46. The maximum atomic E-state index is 12.9. The molecule has 4 rings (SSSR count). The van der Waals surface area contributed by atoms with Crippen LogP contribution in [0.4, 0.5) is 13.2 Å². The van der Waals surface area contributed by atoms with E-state index in [0.717, 1.165) is 22.5 Å². The van der Waals surface area contributed by atoms with E-state index in [9.17, 15) is 26.4 Å². The lowest BCUT2D eigenvalue weighted by atomic mass is 10.1. The predicted molar refractivity (Wildman–Crippen MR) is 88.6 cm³/mol. The Balaban J connectivity index is 1.73. The number of nitrogens with one attached hydrogen (secondary N) is 1. The van der Waals surface area contributed by atoms with Crippen molar-refractivity contribution in [3.05, 3.63) is 63.7 Å². The summed E-state index contributed by atoms with van der Waals surface area (Å²) in [6.07, 6.45) is -2.98. The molecule has 27 heavy (non-hydrogen) atoms. The molecule has 0 fully saturated rings. The highest BCUT2D eigenvalue weighted by molar-refractivity contribution is 7.89. The van der Waals surface area contributed by atoms with Crippen LogP contribution < -0.4 is 5.56 Å². The lowest BCUT2D eigenvalue weighted by molar-refractivity contribution is -0.137. The van der Waals surface area contributed by atoms with Gasteiger partial charge in [-0.1, -0.05) is 6.07 Å². The van der Waals surface area contributed by atoms with E-state index in [2.05, 4.69) is 10.1 Å². The van der Waals surface area contributed by atoms with Crippen molar-refractivity contribution in [1.29, 1.82) is 0 Å². The molecule has 0 saturated heterocycles. The monoisotopic (exact) mass is 398 g/mol. The molecule has 0 aliphatic carbocycles. The van der Waals surface area contributed by atoms with Crippen LogP contribution in [0.1, 0.15) is 16.8 Å². The van der Waals surface area contributed by atoms with Crippen molar-refractivity contribution in [1.82, 2.24) is 18.9 Å². The van der Waals surface area contributed by atoms with Crippen molar-refractivity contribution in [3.63, 3.8) is 0 Å². The Bertz CT molecular complexity index is 1200. The summed E-state index contributed by atoms with van der Waals surface area (Å²) in [5.41, 5.74) is -0.300. The van der Waals surface area contributed by atoms with E-state index in [4.69, 9.17) is 0 Å². The molecule has 3 aromatic rings. The number of alkyl halides is 3. The first-order valence-corrected chi connectivity index (χ1v) is 9.37. The molecular weight excluding hydrogens is 385 g/mol. The number of hydrogen-bond donors (Lipinski definition) is 1. The molecular formula is C16H13F3N4O3S. The van der Waals surface area contributed by atoms with Crippen molar-refractivity contribution in [2.45, 2.75) is 24.0 Å². The molecule has 0 saturated carbocycles. The van der Waals surface area contributed by atoms with E-state index in [-0.39, 0.29) is 25.1 Å². The Kier molecular flexibility index (Phi) is 3.89. The summed E-state index contributed by atoms with van der Waals surface area (Å²) in [5, 5.41) is 2.73. The molecule has 1 aromatic carbocycles. The molecule has 142 valence electrons. The van der Waals surface area contributed by atoms with Crippen LogP contribution in [0.3, 0.4) is 0 Å². The van der Waals surface area contributed by atoms with Crippen molar-refractivity contribution in [3.8, 4) is 0 Å². The molecule has 2 aromatic heterocycles. The molecule has 0 atom stereocenters. The Hall–Kier alpha value is -2.66. The van der Waals surface area contributed by atoms with E-state index >= 15 is 0 Å². The van der Waals surface area contributed by atoms with Gasteiger partial charge in [-0.25, -0.2) is 17.9 Å². The van der Waals surface area contributed by atoms with Crippen LogP contribution in [0.15, 0.2) is 46.2 Å². The maximum Gasteiger partial charge on any atom is 0.416 e. The van der Waals surface area contributed by atoms with Crippen molar-refractivity contribution >= 4 is 15.7 Å². The number of nitrogens with zero attached hydrogens (tertiary/aromatic N) is 3. The van der Waals surface area contributed by atoms with Crippen LogP contribution in [0.2, 0.25) is 0 Å². The molecule has 7 nitrogen and oxygen atoms in total. The molecule has 3 heterocycles. The van der Waals surface area contributed by atoms with Crippen LogP contribution in [-0.4, -0.2) is 33.9 Å². The number of aromatic nitrogens is 3. The molecule has 1 N–H and O–H groups in total. The predicted octanol–water partition coefficient (Wildman–Crippen LogP) is 1.79. The number of hydrogen-bond acceptors (Lipinski definition) is 4. The fourth-order valence-corrected chi connectivity index (χ4v) is 4.54. The van der Waals surface area contributed by atoms with Gasteiger partial charge in [0.05, 0.1) is 22.7 Å². The van der Waals surface area contributed by atoms with Crippen molar-refractivity contribution in [2.75, 3.05) is 6.54 Å². The van der Waals surface area contributed by atoms with Gasteiger partial charge in [0.15, 0.2) is 5.65 Å². The number of fused-ring (bicyclic) bond motifs is 2. The number of aromatic amines is 1. The normalized spacial score (nSPS) is 15.8. The Morgan fingerprint density at radius 2 is 1.96 bits per heavy atom.